The number of aryl methyl sites for hydroxylation is 1. The first-order valence-corrected chi connectivity index (χ1v) is 8.47. The van der Waals surface area contributed by atoms with E-state index in [9.17, 15) is 4.79 Å². The normalized spacial score (nSPS) is 11.1. The second-order valence-corrected chi connectivity index (χ2v) is 6.39. The molecule has 2 N–H and O–H groups in total. The number of aromatic nitrogens is 1. The fraction of sp³-hybridized carbons (Fsp3) is 0.412. The fourth-order valence-corrected chi connectivity index (χ4v) is 3.15. The van der Waals surface area contributed by atoms with Gasteiger partial charge in [0, 0.05) is 25.2 Å². The van der Waals surface area contributed by atoms with Gasteiger partial charge < -0.3 is 15.4 Å². The number of thiazole rings is 1. The third-order valence-electron chi connectivity index (χ3n) is 3.73. The van der Waals surface area contributed by atoms with Crippen LogP contribution >= 0.6 is 36.2 Å². The number of benzene rings is 1. The van der Waals surface area contributed by atoms with E-state index >= 15 is 0 Å². The number of halogens is 2. The van der Waals surface area contributed by atoms with E-state index in [0.717, 1.165) is 22.0 Å². The van der Waals surface area contributed by atoms with Crippen molar-refractivity contribution in [2.24, 2.45) is 5.73 Å². The molecule has 1 amide bonds. The largest absolute Gasteiger partial charge is 0.494 e. The van der Waals surface area contributed by atoms with E-state index in [1.165, 1.54) is 11.3 Å². The number of likely N-dealkylation sites (N-methyl/N-ethyl adjacent to an activating group) is 1. The van der Waals surface area contributed by atoms with E-state index in [1.54, 1.807) is 11.9 Å². The molecular weight excluding hydrogens is 381 g/mol. The number of hydrogen-bond acceptors (Lipinski definition) is 5. The van der Waals surface area contributed by atoms with Crippen LogP contribution in [0.1, 0.15) is 29.2 Å². The summed E-state index contributed by atoms with van der Waals surface area (Å²) in [5, 5.41) is 0.836. The first-order valence-electron chi connectivity index (χ1n) is 7.65. The van der Waals surface area contributed by atoms with Gasteiger partial charge in [-0.25, -0.2) is 4.98 Å². The van der Waals surface area contributed by atoms with E-state index in [4.69, 9.17) is 10.5 Å². The third kappa shape index (κ3) is 5.57. The number of ether oxygens (including phenoxy) is 1. The number of nitrogens with two attached hydrogens (primary N) is 1. The van der Waals surface area contributed by atoms with Crippen LogP contribution in [0, 0.1) is 6.92 Å². The summed E-state index contributed by atoms with van der Waals surface area (Å²) in [6, 6.07) is 7.75. The van der Waals surface area contributed by atoms with Crippen molar-refractivity contribution in [1.82, 2.24) is 9.88 Å². The van der Waals surface area contributed by atoms with Crippen molar-refractivity contribution < 1.29 is 9.53 Å². The van der Waals surface area contributed by atoms with Gasteiger partial charge in [0.1, 0.15) is 15.6 Å². The topological polar surface area (TPSA) is 68.5 Å². The van der Waals surface area contributed by atoms with Gasteiger partial charge in [-0.05, 0) is 45.0 Å². The van der Waals surface area contributed by atoms with Crippen molar-refractivity contribution in [2.45, 2.75) is 26.8 Å². The van der Waals surface area contributed by atoms with Crippen LogP contribution in [0.4, 0.5) is 0 Å². The summed E-state index contributed by atoms with van der Waals surface area (Å²) >= 11 is 1.41. The van der Waals surface area contributed by atoms with Crippen molar-refractivity contribution in [3.8, 4) is 16.3 Å². The van der Waals surface area contributed by atoms with Crippen LogP contribution in [0.2, 0.25) is 0 Å². The molecule has 1 heterocycles. The van der Waals surface area contributed by atoms with Crippen LogP contribution in [0.15, 0.2) is 24.3 Å². The number of nitrogens with zero attached hydrogens (tertiary/aromatic N) is 2. The van der Waals surface area contributed by atoms with Gasteiger partial charge in [0.05, 0.1) is 12.3 Å². The maximum atomic E-state index is 12.6. The molecule has 0 aliphatic carbocycles. The second kappa shape index (κ2) is 10.6. The van der Waals surface area contributed by atoms with Gasteiger partial charge >= 0.3 is 0 Å². The Morgan fingerprint density at radius 1 is 1.32 bits per heavy atom. The molecule has 2 rings (SSSR count). The monoisotopic (exact) mass is 405 g/mol. The zero-order chi connectivity index (χ0) is 17.0. The minimum atomic E-state index is -0.0323. The summed E-state index contributed by atoms with van der Waals surface area (Å²) in [7, 11) is 1.77. The number of carbonyl (C=O) groups is 1. The SMILES string of the molecule is CCOc1ccc(-c2nc(C)c(C(=O)N(C)C(C)CN)s2)cc1.Cl.Cl. The molecule has 0 saturated heterocycles. The van der Waals surface area contributed by atoms with Crippen LogP contribution in [-0.2, 0) is 0 Å². The smallest absolute Gasteiger partial charge is 0.265 e. The molecule has 1 aromatic carbocycles. The number of carbonyl (C=O) groups excluding carboxylic acids is 1. The van der Waals surface area contributed by atoms with Crippen LogP contribution < -0.4 is 10.5 Å². The Bertz CT molecular complexity index is 677. The molecule has 0 aliphatic heterocycles. The Morgan fingerprint density at radius 3 is 2.44 bits per heavy atom. The van der Waals surface area contributed by atoms with E-state index < -0.39 is 0 Å². The molecule has 0 aliphatic rings. The molecule has 8 heteroatoms. The second-order valence-electron chi connectivity index (χ2n) is 5.39. The molecule has 0 fully saturated rings. The molecule has 140 valence electrons. The van der Waals surface area contributed by atoms with Gasteiger partial charge in [-0.3, -0.25) is 4.79 Å². The highest BCUT2D eigenvalue weighted by atomic mass is 35.5. The summed E-state index contributed by atoms with van der Waals surface area (Å²) in [5.74, 6) is 0.799. The van der Waals surface area contributed by atoms with Crippen molar-refractivity contribution in [3.05, 3.63) is 34.8 Å². The minimum absolute atomic E-state index is 0. The van der Waals surface area contributed by atoms with Crippen molar-refractivity contribution in [3.63, 3.8) is 0 Å². The Labute approximate surface area is 165 Å². The van der Waals surface area contributed by atoms with E-state index in [-0.39, 0.29) is 36.8 Å². The highest BCUT2D eigenvalue weighted by Crippen LogP contribution is 2.30. The minimum Gasteiger partial charge on any atom is -0.494 e. The summed E-state index contributed by atoms with van der Waals surface area (Å²) in [5.41, 5.74) is 7.38. The molecule has 25 heavy (non-hydrogen) atoms. The van der Waals surface area contributed by atoms with Crippen LogP contribution in [0.25, 0.3) is 10.6 Å². The molecule has 5 nitrogen and oxygen atoms in total. The summed E-state index contributed by atoms with van der Waals surface area (Å²) in [4.78, 5) is 19.4. The molecule has 0 spiro atoms. The van der Waals surface area contributed by atoms with Gasteiger partial charge in [0.25, 0.3) is 5.91 Å². The molecular formula is C17H25Cl2N3O2S. The van der Waals surface area contributed by atoms with Gasteiger partial charge in [0.2, 0.25) is 0 Å². The van der Waals surface area contributed by atoms with Gasteiger partial charge in [-0.2, -0.15) is 0 Å². The molecule has 1 aromatic heterocycles. The highest BCUT2D eigenvalue weighted by Gasteiger charge is 2.22. The Morgan fingerprint density at radius 2 is 1.92 bits per heavy atom. The lowest BCUT2D eigenvalue weighted by Crippen LogP contribution is -2.39. The number of rotatable bonds is 6. The maximum Gasteiger partial charge on any atom is 0.265 e. The fourth-order valence-electron chi connectivity index (χ4n) is 2.10. The van der Waals surface area contributed by atoms with E-state index in [2.05, 4.69) is 4.98 Å². The Hall–Kier alpha value is -1.34. The first-order chi connectivity index (χ1) is 11.0. The molecule has 0 radical (unpaired) electrons. The first kappa shape index (κ1) is 23.7. The van der Waals surface area contributed by atoms with E-state index in [1.807, 2.05) is 45.0 Å². The lowest BCUT2D eigenvalue weighted by Gasteiger charge is -2.23. The predicted molar refractivity (Wildman–Crippen MR) is 109 cm³/mol. The average molecular weight is 406 g/mol. The number of hydrogen-bond donors (Lipinski definition) is 1. The van der Waals surface area contributed by atoms with Crippen LogP contribution in [0.5, 0.6) is 5.75 Å². The van der Waals surface area contributed by atoms with Crippen LogP contribution in [-0.4, -0.2) is 42.0 Å². The molecule has 1 unspecified atom stereocenters. The van der Waals surface area contributed by atoms with Gasteiger partial charge in [0.15, 0.2) is 0 Å². The summed E-state index contributed by atoms with van der Waals surface area (Å²) < 4.78 is 5.44. The van der Waals surface area contributed by atoms with Gasteiger partial charge in [-0.1, -0.05) is 0 Å². The summed E-state index contributed by atoms with van der Waals surface area (Å²) in [6.45, 7) is 6.82. The summed E-state index contributed by atoms with van der Waals surface area (Å²) in [6.07, 6.45) is 0. The van der Waals surface area contributed by atoms with E-state index in [0.29, 0.717) is 18.0 Å². The van der Waals surface area contributed by atoms with Crippen molar-refractivity contribution in [2.75, 3.05) is 20.2 Å². The van der Waals surface area contributed by atoms with Crippen molar-refractivity contribution in [1.29, 1.82) is 0 Å². The maximum absolute atomic E-state index is 12.6. The van der Waals surface area contributed by atoms with Crippen molar-refractivity contribution >= 4 is 42.1 Å². The third-order valence-corrected chi connectivity index (χ3v) is 4.92. The Balaban J connectivity index is 0.00000288. The lowest BCUT2D eigenvalue weighted by atomic mass is 10.2. The van der Waals surface area contributed by atoms with Gasteiger partial charge in [-0.15, -0.1) is 36.2 Å². The average Bonchev–Trinajstić information content (AvgIpc) is 2.95. The zero-order valence-corrected chi connectivity index (χ0v) is 17.3. The predicted octanol–water partition coefficient (Wildman–Crippen LogP) is 3.78. The zero-order valence-electron chi connectivity index (χ0n) is 14.8. The van der Waals surface area contributed by atoms with Crippen LogP contribution in [0.3, 0.4) is 0 Å². The lowest BCUT2D eigenvalue weighted by molar-refractivity contribution is 0.0752. The molecule has 1 atom stereocenters. The number of amides is 1. The highest BCUT2D eigenvalue weighted by molar-refractivity contribution is 7.17. The molecule has 2 aromatic rings. The molecule has 0 bridgehead atoms. The quantitative estimate of drug-likeness (QED) is 0.793. The molecule has 0 saturated carbocycles. The standard InChI is InChI=1S/C17H23N3O2S.2ClH/c1-5-22-14-8-6-13(7-9-14)16-19-12(3)15(23-16)17(21)20(4)11(2)10-18;;/h6-9,11H,5,10,18H2,1-4H3;2*1H. The Kier molecular flexibility index (Phi) is 10.0.